The van der Waals surface area contributed by atoms with Crippen LogP contribution < -0.4 is 16.0 Å². The Bertz CT molecular complexity index is 565. The molecule has 2 amide bonds. The van der Waals surface area contributed by atoms with Crippen LogP contribution in [-0.4, -0.2) is 43.4 Å². The van der Waals surface area contributed by atoms with Crippen molar-refractivity contribution >= 4 is 29.1 Å². The van der Waals surface area contributed by atoms with E-state index in [1.54, 1.807) is 7.05 Å². The van der Waals surface area contributed by atoms with Crippen molar-refractivity contribution in [3.63, 3.8) is 0 Å². The van der Waals surface area contributed by atoms with Crippen molar-refractivity contribution in [1.29, 1.82) is 0 Å². The molecule has 9 heteroatoms. The van der Waals surface area contributed by atoms with Crippen molar-refractivity contribution in [3.8, 4) is 0 Å². The van der Waals surface area contributed by atoms with Gasteiger partial charge in [0.2, 0.25) is 5.91 Å². The molecule has 0 aliphatic rings. The van der Waals surface area contributed by atoms with Crippen LogP contribution in [0.15, 0.2) is 18.2 Å². The van der Waals surface area contributed by atoms with Gasteiger partial charge in [0.1, 0.15) is 5.56 Å². The maximum atomic E-state index is 12.0. The first-order valence-electron chi connectivity index (χ1n) is 6.59. The van der Waals surface area contributed by atoms with Crippen molar-refractivity contribution < 1.29 is 14.5 Å². The monoisotopic (exact) mass is 328 g/mol. The minimum atomic E-state index is -0.761. The number of carbonyl (C=O) groups is 2. The highest BCUT2D eigenvalue weighted by molar-refractivity contribution is 6.34. The second kappa shape index (κ2) is 8.96. The number of nitro groups is 1. The molecule has 0 aliphatic carbocycles. The lowest BCUT2D eigenvalue weighted by Crippen LogP contribution is -2.38. The molecule has 0 bridgehead atoms. The van der Waals surface area contributed by atoms with Crippen LogP contribution in [0.25, 0.3) is 0 Å². The van der Waals surface area contributed by atoms with E-state index in [4.69, 9.17) is 11.6 Å². The molecule has 0 heterocycles. The van der Waals surface area contributed by atoms with Crippen LogP contribution in [0, 0.1) is 10.1 Å². The van der Waals surface area contributed by atoms with Gasteiger partial charge in [0.15, 0.2) is 0 Å². The zero-order chi connectivity index (χ0) is 16.5. The molecule has 0 aromatic heterocycles. The Morgan fingerprint density at radius 3 is 2.64 bits per heavy atom. The van der Waals surface area contributed by atoms with Crippen LogP contribution in [0.5, 0.6) is 0 Å². The first-order valence-corrected chi connectivity index (χ1v) is 6.97. The molecule has 0 radical (unpaired) electrons. The number of halogens is 1. The van der Waals surface area contributed by atoms with Gasteiger partial charge in [0, 0.05) is 12.6 Å². The average Bonchev–Trinajstić information content (AvgIpc) is 2.48. The van der Waals surface area contributed by atoms with Crippen LogP contribution in [0.2, 0.25) is 5.02 Å². The van der Waals surface area contributed by atoms with Crippen LogP contribution in [-0.2, 0) is 4.79 Å². The summed E-state index contributed by atoms with van der Waals surface area (Å²) in [5.41, 5.74) is -0.656. The maximum Gasteiger partial charge on any atom is 0.283 e. The first-order chi connectivity index (χ1) is 10.5. The van der Waals surface area contributed by atoms with Crippen LogP contribution in [0.4, 0.5) is 5.69 Å². The number of nitrogens with zero attached hydrogens (tertiary/aromatic N) is 1. The Labute approximate surface area is 132 Å². The van der Waals surface area contributed by atoms with Crippen molar-refractivity contribution in [1.82, 2.24) is 16.0 Å². The number of benzene rings is 1. The molecule has 0 aliphatic heterocycles. The molecule has 1 aromatic rings. The smallest absolute Gasteiger partial charge is 0.283 e. The number of nitrogens with one attached hydrogen (secondary N) is 3. The summed E-state index contributed by atoms with van der Waals surface area (Å²) in [6.07, 6.45) is 0.756. The molecule has 0 fully saturated rings. The van der Waals surface area contributed by atoms with Gasteiger partial charge in [-0.25, -0.2) is 0 Å². The average molecular weight is 329 g/mol. The second-order valence-electron chi connectivity index (χ2n) is 4.38. The normalized spacial score (nSPS) is 10.1. The third-order valence-corrected chi connectivity index (χ3v) is 3.07. The van der Waals surface area contributed by atoms with Gasteiger partial charge in [0.05, 0.1) is 16.5 Å². The van der Waals surface area contributed by atoms with E-state index in [1.807, 2.05) is 0 Å². The molecule has 0 spiro atoms. The Hall–Kier alpha value is -2.19. The van der Waals surface area contributed by atoms with Crippen molar-refractivity contribution in [2.75, 3.05) is 26.7 Å². The van der Waals surface area contributed by atoms with E-state index < -0.39 is 16.5 Å². The Balaban J connectivity index is 2.59. The first kappa shape index (κ1) is 17.9. The molecule has 0 atom stereocenters. The third kappa shape index (κ3) is 5.30. The molecule has 0 unspecified atom stereocenters. The minimum Gasteiger partial charge on any atom is -0.355 e. The van der Waals surface area contributed by atoms with Crippen LogP contribution in [0.1, 0.15) is 16.8 Å². The summed E-state index contributed by atoms with van der Waals surface area (Å²) < 4.78 is 0. The predicted molar refractivity (Wildman–Crippen MR) is 82.0 cm³/mol. The fourth-order valence-corrected chi connectivity index (χ4v) is 1.95. The fraction of sp³-hybridized carbons (Fsp3) is 0.385. The number of hydrogen-bond donors (Lipinski definition) is 3. The summed E-state index contributed by atoms with van der Waals surface area (Å²) >= 11 is 5.83. The Kier molecular flexibility index (Phi) is 7.27. The van der Waals surface area contributed by atoms with E-state index in [1.165, 1.54) is 18.2 Å². The molecular formula is C13H17ClN4O4. The van der Waals surface area contributed by atoms with Gasteiger partial charge in [-0.1, -0.05) is 17.7 Å². The molecule has 22 heavy (non-hydrogen) atoms. The van der Waals surface area contributed by atoms with Gasteiger partial charge < -0.3 is 16.0 Å². The minimum absolute atomic E-state index is 0.0406. The molecule has 3 N–H and O–H groups in total. The van der Waals surface area contributed by atoms with E-state index in [-0.39, 0.29) is 23.0 Å². The zero-order valence-corrected chi connectivity index (χ0v) is 12.8. The quantitative estimate of drug-likeness (QED) is 0.369. The van der Waals surface area contributed by atoms with E-state index in [9.17, 15) is 19.7 Å². The number of nitro benzene ring substituents is 1. The molecule has 0 saturated heterocycles. The lowest BCUT2D eigenvalue weighted by molar-refractivity contribution is -0.385. The Morgan fingerprint density at radius 1 is 1.27 bits per heavy atom. The molecule has 1 rings (SSSR count). The summed E-state index contributed by atoms with van der Waals surface area (Å²) in [5, 5.41) is 18.7. The number of amides is 2. The van der Waals surface area contributed by atoms with E-state index >= 15 is 0 Å². The lowest BCUT2D eigenvalue weighted by Gasteiger charge is -2.08. The lowest BCUT2D eigenvalue weighted by atomic mass is 10.1. The highest BCUT2D eigenvalue weighted by Gasteiger charge is 2.23. The summed E-state index contributed by atoms with van der Waals surface area (Å²) in [7, 11) is 1.80. The van der Waals surface area contributed by atoms with Gasteiger partial charge in [-0.3, -0.25) is 19.7 Å². The van der Waals surface area contributed by atoms with Gasteiger partial charge in [-0.2, -0.15) is 0 Å². The summed E-state index contributed by atoms with van der Waals surface area (Å²) in [5.74, 6) is -1.14. The summed E-state index contributed by atoms with van der Waals surface area (Å²) in [6.45, 7) is 0.959. The molecule has 1 aromatic carbocycles. The topological polar surface area (TPSA) is 113 Å². The standard InChI is InChI=1S/C13H17ClN4O4/c1-15-6-3-7-16-11(19)8-17-13(20)12-9(14)4-2-5-10(12)18(21)22/h2,4-5,15H,3,6-8H2,1H3,(H,16,19)(H,17,20). The number of carbonyl (C=O) groups excluding carboxylic acids is 2. The van der Waals surface area contributed by atoms with E-state index in [0.717, 1.165) is 13.0 Å². The molecule has 0 saturated carbocycles. The highest BCUT2D eigenvalue weighted by Crippen LogP contribution is 2.25. The fourth-order valence-electron chi connectivity index (χ4n) is 1.69. The van der Waals surface area contributed by atoms with Gasteiger partial charge in [0.25, 0.3) is 11.6 Å². The van der Waals surface area contributed by atoms with Gasteiger partial charge >= 0.3 is 0 Å². The Morgan fingerprint density at radius 2 is 2.00 bits per heavy atom. The third-order valence-electron chi connectivity index (χ3n) is 2.75. The van der Waals surface area contributed by atoms with Crippen molar-refractivity contribution in [2.45, 2.75) is 6.42 Å². The maximum absolute atomic E-state index is 12.0. The summed E-state index contributed by atoms with van der Waals surface area (Å²) in [6, 6.07) is 3.94. The zero-order valence-electron chi connectivity index (χ0n) is 12.0. The van der Waals surface area contributed by atoms with Crippen molar-refractivity contribution in [3.05, 3.63) is 38.9 Å². The largest absolute Gasteiger partial charge is 0.355 e. The van der Waals surface area contributed by atoms with Crippen LogP contribution >= 0.6 is 11.6 Å². The second-order valence-corrected chi connectivity index (χ2v) is 4.79. The SMILES string of the molecule is CNCCCNC(=O)CNC(=O)c1c(Cl)cccc1[N+](=O)[O-]. The molecular weight excluding hydrogens is 312 g/mol. The predicted octanol–water partition coefficient (Wildman–Crippen LogP) is 0.704. The molecule has 120 valence electrons. The molecule has 8 nitrogen and oxygen atoms in total. The highest BCUT2D eigenvalue weighted by atomic mass is 35.5. The number of hydrogen-bond acceptors (Lipinski definition) is 5. The van der Waals surface area contributed by atoms with E-state index in [0.29, 0.717) is 6.54 Å². The van der Waals surface area contributed by atoms with Crippen molar-refractivity contribution in [2.24, 2.45) is 0 Å². The van der Waals surface area contributed by atoms with Gasteiger partial charge in [-0.15, -0.1) is 0 Å². The van der Waals surface area contributed by atoms with Gasteiger partial charge in [-0.05, 0) is 26.1 Å². The van der Waals surface area contributed by atoms with E-state index in [2.05, 4.69) is 16.0 Å². The summed E-state index contributed by atoms with van der Waals surface area (Å²) in [4.78, 5) is 33.7. The number of rotatable bonds is 8. The van der Waals surface area contributed by atoms with Crippen LogP contribution in [0.3, 0.4) is 0 Å².